The van der Waals surface area contributed by atoms with Crippen molar-refractivity contribution in [3.05, 3.63) is 71.0 Å². The molecule has 0 fully saturated rings. The first-order chi connectivity index (χ1) is 11.3. The summed E-state index contributed by atoms with van der Waals surface area (Å²) in [7, 11) is 0. The van der Waals surface area contributed by atoms with Gasteiger partial charge in [0.25, 0.3) is 0 Å². The average molecular weight is 321 g/mol. The Kier molecular flexibility index (Phi) is 3.32. The fraction of sp³-hybridized carbons (Fsp3) is 0. The van der Waals surface area contributed by atoms with Gasteiger partial charge in [0.15, 0.2) is 5.69 Å². The zero-order valence-electron chi connectivity index (χ0n) is 11.9. The van der Waals surface area contributed by atoms with Crippen LogP contribution in [-0.2, 0) is 0 Å². The number of benzene rings is 2. The van der Waals surface area contributed by atoms with E-state index in [0.29, 0.717) is 15.8 Å². The van der Waals surface area contributed by atoms with Gasteiger partial charge >= 0.3 is 5.56 Å². The normalized spacial score (nSPS) is 10.8. The number of hydrogen-bond acceptors (Lipinski definition) is 6. The van der Waals surface area contributed by atoms with E-state index in [9.17, 15) is 4.79 Å². The molecule has 2 heterocycles. The summed E-state index contributed by atoms with van der Waals surface area (Å²) in [6.07, 6.45) is 0. The van der Waals surface area contributed by atoms with E-state index in [1.165, 1.54) is 15.9 Å². The van der Waals surface area contributed by atoms with Crippen LogP contribution in [0.2, 0.25) is 0 Å². The second-order valence-corrected chi connectivity index (χ2v) is 5.77. The van der Waals surface area contributed by atoms with Crippen molar-refractivity contribution < 1.29 is 0 Å². The summed E-state index contributed by atoms with van der Waals surface area (Å²) in [5.41, 5.74) is 1.64. The zero-order valence-corrected chi connectivity index (χ0v) is 12.7. The van der Waals surface area contributed by atoms with Crippen molar-refractivity contribution in [2.45, 2.75) is 0 Å². The Bertz CT molecular complexity index is 1010. The van der Waals surface area contributed by atoms with E-state index in [-0.39, 0.29) is 5.56 Å². The largest absolute Gasteiger partial charge is 0.330 e. The Morgan fingerprint density at radius 2 is 1.61 bits per heavy atom. The number of rotatable bonds is 3. The zero-order chi connectivity index (χ0) is 15.6. The Labute approximate surface area is 135 Å². The van der Waals surface area contributed by atoms with Gasteiger partial charge in [-0.3, -0.25) is 4.79 Å². The predicted octanol–water partition coefficient (Wildman–Crippen LogP) is 2.96. The highest BCUT2D eigenvalue weighted by Gasteiger charge is 2.13. The van der Waals surface area contributed by atoms with Crippen LogP contribution >= 0.6 is 11.3 Å². The monoisotopic (exact) mass is 321 g/mol. The van der Waals surface area contributed by atoms with Crippen LogP contribution in [0.3, 0.4) is 0 Å². The molecule has 2 aromatic carbocycles. The van der Waals surface area contributed by atoms with Gasteiger partial charge in [-0.25, -0.2) is 0 Å². The van der Waals surface area contributed by atoms with Crippen LogP contribution in [0.5, 0.6) is 0 Å². The van der Waals surface area contributed by atoms with Crippen molar-refractivity contribution in [1.29, 1.82) is 0 Å². The summed E-state index contributed by atoms with van der Waals surface area (Å²) >= 11 is 1.28. The molecule has 6 nitrogen and oxygen atoms in total. The van der Waals surface area contributed by atoms with Gasteiger partial charge in [-0.1, -0.05) is 59.9 Å². The lowest BCUT2D eigenvalue weighted by Gasteiger charge is -1.99. The number of aromatic nitrogens is 4. The summed E-state index contributed by atoms with van der Waals surface area (Å²) in [4.78, 5) is 13.0. The molecular formula is C16H11N5OS. The molecule has 4 aromatic rings. The Hall–Kier alpha value is -3.06. The lowest BCUT2D eigenvalue weighted by atomic mass is 10.2. The van der Waals surface area contributed by atoms with Gasteiger partial charge in [0.1, 0.15) is 0 Å². The van der Waals surface area contributed by atoms with Crippen LogP contribution in [0.15, 0.2) is 65.5 Å². The molecule has 23 heavy (non-hydrogen) atoms. The smallest absolute Gasteiger partial charge is 0.302 e. The minimum Gasteiger partial charge on any atom is -0.330 e. The van der Waals surface area contributed by atoms with Gasteiger partial charge in [0.05, 0.1) is 0 Å². The van der Waals surface area contributed by atoms with E-state index in [0.717, 1.165) is 11.3 Å². The van der Waals surface area contributed by atoms with Crippen LogP contribution in [0.1, 0.15) is 0 Å². The highest BCUT2D eigenvalue weighted by atomic mass is 32.1. The molecule has 0 aliphatic heterocycles. The van der Waals surface area contributed by atoms with Gasteiger partial charge in [-0.05, 0) is 12.1 Å². The second kappa shape index (κ2) is 5.62. The molecule has 0 bridgehead atoms. The summed E-state index contributed by atoms with van der Waals surface area (Å²) in [5.74, 6) is 0. The first-order valence-corrected chi connectivity index (χ1v) is 7.77. The first kappa shape index (κ1) is 13.6. The van der Waals surface area contributed by atoms with Gasteiger partial charge < -0.3 is 5.32 Å². The van der Waals surface area contributed by atoms with E-state index in [2.05, 4.69) is 20.6 Å². The molecule has 0 saturated heterocycles. The molecule has 0 unspecified atom stereocenters. The van der Waals surface area contributed by atoms with E-state index in [1.54, 1.807) is 0 Å². The van der Waals surface area contributed by atoms with Crippen LogP contribution in [0.4, 0.5) is 10.8 Å². The molecule has 4 rings (SSSR count). The topological polar surface area (TPSA) is 72.2 Å². The molecule has 0 aliphatic rings. The fourth-order valence-electron chi connectivity index (χ4n) is 2.19. The standard InChI is InChI=1S/C16H11N5OS/c22-14-13(11-7-3-1-4-8-11)18-19-16-21(14)20-15(23-16)17-12-9-5-2-6-10-12/h1-10H,(H,17,20). The molecule has 0 radical (unpaired) electrons. The van der Waals surface area contributed by atoms with E-state index in [4.69, 9.17) is 0 Å². The van der Waals surface area contributed by atoms with Crippen LogP contribution in [-0.4, -0.2) is 19.8 Å². The number of para-hydroxylation sites is 1. The first-order valence-electron chi connectivity index (χ1n) is 6.95. The molecule has 2 aromatic heterocycles. The van der Waals surface area contributed by atoms with E-state index >= 15 is 0 Å². The minimum atomic E-state index is -0.279. The van der Waals surface area contributed by atoms with Crippen molar-refractivity contribution >= 4 is 27.1 Å². The lowest BCUT2D eigenvalue weighted by molar-refractivity contribution is 0.862. The third kappa shape index (κ3) is 2.58. The van der Waals surface area contributed by atoms with Crippen molar-refractivity contribution in [3.8, 4) is 11.3 Å². The highest BCUT2D eigenvalue weighted by Crippen LogP contribution is 2.21. The minimum absolute atomic E-state index is 0.279. The number of anilines is 2. The number of nitrogens with one attached hydrogen (secondary N) is 1. The maximum atomic E-state index is 12.6. The summed E-state index contributed by atoms with van der Waals surface area (Å²) < 4.78 is 1.28. The Morgan fingerprint density at radius 1 is 0.913 bits per heavy atom. The van der Waals surface area contributed by atoms with Crippen LogP contribution in [0.25, 0.3) is 16.2 Å². The Balaban J connectivity index is 1.78. The summed E-state index contributed by atoms with van der Waals surface area (Å²) in [5, 5.41) is 16.2. The third-order valence-electron chi connectivity index (χ3n) is 3.26. The Morgan fingerprint density at radius 3 is 2.35 bits per heavy atom. The van der Waals surface area contributed by atoms with Gasteiger partial charge in [0.2, 0.25) is 10.1 Å². The fourth-order valence-corrected chi connectivity index (χ4v) is 2.94. The average Bonchev–Trinajstić information content (AvgIpc) is 3.00. The maximum absolute atomic E-state index is 12.6. The van der Waals surface area contributed by atoms with Gasteiger partial charge in [-0.2, -0.15) is 4.52 Å². The van der Waals surface area contributed by atoms with Crippen molar-refractivity contribution in [3.63, 3.8) is 0 Å². The molecule has 0 aliphatic carbocycles. The quantitative estimate of drug-likeness (QED) is 0.628. The second-order valence-electron chi connectivity index (χ2n) is 4.81. The molecule has 0 spiro atoms. The SMILES string of the molecule is O=c1c(-c2ccccc2)nnc2sc(Nc3ccccc3)nn12. The molecule has 0 saturated carbocycles. The number of fused-ring (bicyclic) bond motifs is 1. The summed E-state index contributed by atoms with van der Waals surface area (Å²) in [6, 6.07) is 18.9. The predicted molar refractivity (Wildman–Crippen MR) is 90.1 cm³/mol. The molecular weight excluding hydrogens is 310 g/mol. The number of nitrogens with zero attached hydrogens (tertiary/aromatic N) is 4. The maximum Gasteiger partial charge on any atom is 0.302 e. The van der Waals surface area contributed by atoms with Crippen molar-refractivity contribution in [2.24, 2.45) is 0 Å². The van der Waals surface area contributed by atoms with Crippen molar-refractivity contribution in [2.75, 3.05) is 5.32 Å². The van der Waals surface area contributed by atoms with Gasteiger partial charge in [-0.15, -0.1) is 15.3 Å². The summed E-state index contributed by atoms with van der Waals surface area (Å²) in [6.45, 7) is 0. The molecule has 7 heteroatoms. The molecule has 1 N–H and O–H groups in total. The molecule has 112 valence electrons. The van der Waals surface area contributed by atoms with Gasteiger partial charge in [0, 0.05) is 11.3 Å². The van der Waals surface area contributed by atoms with Crippen LogP contribution in [0, 0.1) is 0 Å². The van der Waals surface area contributed by atoms with E-state index < -0.39 is 0 Å². The number of hydrogen-bond donors (Lipinski definition) is 1. The van der Waals surface area contributed by atoms with Crippen molar-refractivity contribution in [1.82, 2.24) is 19.8 Å². The highest BCUT2D eigenvalue weighted by molar-refractivity contribution is 7.20. The molecule has 0 amide bonds. The van der Waals surface area contributed by atoms with E-state index in [1.807, 2.05) is 60.7 Å². The third-order valence-corrected chi connectivity index (χ3v) is 4.08. The lowest BCUT2D eigenvalue weighted by Crippen LogP contribution is -2.19. The van der Waals surface area contributed by atoms with Crippen LogP contribution < -0.4 is 10.9 Å². The molecule has 0 atom stereocenters.